The predicted octanol–water partition coefficient (Wildman–Crippen LogP) is 3.79. The lowest BCUT2D eigenvalue weighted by atomic mass is 10.3. The van der Waals surface area contributed by atoms with E-state index in [1.807, 2.05) is 18.2 Å². The molecule has 0 radical (unpaired) electrons. The van der Waals surface area contributed by atoms with Crippen molar-refractivity contribution in [1.29, 1.82) is 0 Å². The Morgan fingerprint density at radius 3 is 2.69 bits per heavy atom. The van der Waals surface area contributed by atoms with Crippen LogP contribution in [0.4, 0.5) is 0 Å². The van der Waals surface area contributed by atoms with Crippen molar-refractivity contribution in [1.82, 2.24) is 9.55 Å². The van der Waals surface area contributed by atoms with E-state index in [-0.39, 0.29) is 0 Å². The van der Waals surface area contributed by atoms with Gasteiger partial charge in [-0.1, -0.05) is 12.1 Å². The fourth-order valence-corrected chi connectivity index (χ4v) is 2.23. The van der Waals surface area contributed by atoms with Crippen LogP contribution in [0.5, 0.6) is 0 Å². The van der Waals surface area contributed by atoms with Crippen molar-refractivity contribution in [2.45, 2.75) is 25.3 Å². The standard InChI is InChI=1S/C12H14Cl2N2/c13-7-3-4-8-16-11-6-2-1-5-10(11)15-12(16)9-14/h1-2,5-6H,3-4,7-9H2. The second-order valence-corrected chi connectivity index (χ2v) is 4.34. The highest BCUT2D eigenvalue weighted by atomic mass is 35.5. The van der Waals surface area contributed by atoms with Crippen LogP contribution in [0.15, 0.2) is 24.3 Å². The van der Waals surface area contributed by atoms with E-state index < -0.39 is 0 Å². The van der Waals surface area contributed by atoms with E-state index in [1.165, 1.54) is 0 Å². The molecular weight excluding hydrogens is 243 g/mol. The van der Waals surface area contributed by atoms with Crippen LogP contribution in [0.1, 0.15) is 18.7 Å². The first-order chi connectivity index (χ1) is 7.86. The third-order valence-electron chi connectivity index (χ3n) is 2.62. The maximum atomic E-state index is 5.91. The quantitative estimate of drug-likeness (QED) is 0.588. The van der Waals surface area contributed by atoms with Gasteiger partial charge < -0.3 is 4.57 Å². The van der Waals surface area contributed by atoms with Crippen LogP contribution in [0.2, 0.25) is 0 Å². The normalized spacial score (nSPS) is 11.1. The average molecular weight is 257 g/mol. The average Bonchev–Trinajstić information content (AvgIpc) is 2.68. The highest BCUT2D eigenvalue weighted by Crippen LogP contribution is 2.18. The third kappa shape index (κ3) is 2.33. The molecule has 2 aromatic rings. The Labute approximate surface area is 105 Å². The molecular formula is C12H14Cl2N2. The van der Waals surface area contributed by atoms with Crippen molar-refractivity contribution in [2.24, 2.45) is 0 Å². The van der Waals surface area contributed by atoms with Gasteiger partial charge in [0, 0.05) is 12.4 Å². The van der Waals surface area contributed by atoms with Gasteiger partial charge in [-0.05, 0) is 25.0 Å². The van der Waals surface area contributed by atoms with E-state index in [0.29, 0.717) is 11.8 Å². The van der Waals surface area contributed by atoms with Crippen molar-refractivity contribution in [2.75, 3.05) is 5.88 Å². The Morgan fingerprint density at radius 1 is 1.12 bits per heavy atom. The summed E-state index contributed by atoms with van der Waals surface area (Å²) in [6.07, 6.45) is 2.09. The summed E-state index contributed by atoms with van der Waals surface area (Å²) in [6.45, 7) is 0.940. The number of alkyl halides is 2. The number of benzene rings is 1. The monoisotopic (exact) mass is 256 g/mol. The molecule has 0 saturated heterocycles. The van der Waals surface area contributed by atoms with E-state index in [0.717, 1.165) is 36.2 Å². The number of aryl methyl sites for hydroxylation is 1. The zero-order valence-electron chi connectivity index (χ0n) is 9.00. The topological polar surface area (TPSA) is 17.8 Å². The maximum absolute atomic E-state index is 5.91. The van der Waals surface area contributed by atoms with E-state index >= 15 is 0 Å². The zero-order chi connectivity index (χ0) is 11.4. The number of fused-ring (bicyclic) bond motifs is 1. The number of halogens is 2. The van der Waals surface area contributed by atoms with Crippen LogP contribution >= 0.6 is 23.2 Å². The molecule has 1 heterocycles. The van der Waals surface area contributed by atoms with Gasteiger partial charge >= 0.3 is 0 Å². The van der Waals surface area contributed by atoms with E-state index in [9.17, 15) is 0 Å². The molecule has 0 aliphatic carbocycles. The Balaban J connectivity index is 2.32. The van der Waals surface area contributed by atoms with Gasteiger partial charge in [0.05, 0.1) is 16.9 Å². The highest BCUT2D eigenvalue weighted by Gasteiger charge is 2.08. The SMILES string of the molecule is ClCCCCn1c(CCl)nc2ccccc21. The number of hydrogen-bond acceptors (Lipinski definition) is 1. The smallest absolute Gasteiger partial charge is 0.124 e. The second kappa shape index (κ2) is 5.55. The molecule has 0 N–H and O–H groups in total. The van der Waals surface area contributed by atoms with Crippen molar-refractivity contribution in [3.63, 3.8) is 0 Å². The summed E-state index contributed by atoms with van der Waals surface area (Å²) in [5.41, 5.74) is 2.18. The lowest BCUT2D eigenvalue weighted by Gasteiger charge is -2.06. The molecule has 0 aliphatic rings. The van der Waals surface area contributed by atoms with Gasteiger partial charge in [0.2, 0.25) is 0 Å². The Kier molecular flexibility index (Phi) is 4.08. The molecule has 0 atom stereocenters. The lowest BCUT2D eigenvalue weighted by Crippen LogP contribution is -2.02. The number of nitrogens with zero attached hydrogens (tertiary/aromatic N) is 2. The maximum Gasteiger partial charge on any atom is 0.124 e. The molecule has 86 valence electrons. The van der Waals surface area contributed by atoms with Crippen LogP contribution in [-0.2, 0) is 12.4 Å². The summed E-state index contributed by atoms with van der Waals surface area (Å²) in [5, 5.41) is 0. The van der Waals surface area contributed by atoms with Gasteiger partial charge in [0.1, 0.15) is 5.82 Å². The molecule has 0 saturated carbocycles. The minimum absolute atomic E-state index is 0.454. The lowest BCUT2D eigenvalue weighted by molar-refractivity contribution is 0.630. The Hall–Kier alpha value is -0.730. The summed E-state index contributed by atoms with van der Waals surface area (Å²) in [7, 11) is 0. The number of unbranched alkanes of at least 4 members (excludes halogenated alkanes) is 1. The van der Waals surface area contributed by atoms with E-state index in [2.05, 4.69) is 15.6 Å². The number of hydrogen-bond donors (Lipinski definition) is 0. The first kappa shape index (κ1) is 11.7. The van der Waals surface area contributed by atoms with Crippen molar-refractivity contribution < 1.29 is 0 Å². The molecule has 0 bridgehead atoms. The summed E-state index contributed by atoms with van der Waals surface area (Å²) in [6, 6.07) is 8.12. The van der Waals surface area contributed by atoms with E-state index in [4.69, 9.17) is 23.2 Å². The number of aromatic nitrogens is 2. The Bertz CT molecular complexity index is 465. The summed E-state index contributed by atoms with van der Waals surface area (Å²) >= 11 is 11.6. The molecule has 2 rings (SSSR count). The minimum atomic E-state index is 0.454. The fraction of sp³-hybridized carbons (Fsp3) is 0.417. The molecule has 2 nitrogen and oxygen atoms in total. The molecule has 0 amide bonds. The number of rotatable bonds is 5. The van der Waals surface area contributed by atoms with Gasteiger partial charge in [-0.15, -0.1) is 23.2 Å². The minimum Gasteiger partial charge on any atom is -0.327 e. The van der Waals surface area contributed by atoms with Gasteiger partial charge in [-0.2, -0.15) is 0 Å². The van der Waals surface area contributed by atoms with Crippen molar-refractivity contribution in [3.05, 3.63) is 30.1 Å². The third-order valence-corrected chi connectivity index (χ3v) is 3.12. The first-order valence-electron chi connectivity index (χ1n) is 5.43. The van der Waals surface area contributed by atoms with Gasteiger partial charge in [0.25, 0.3) is 0 Å². The fourth-order valence-electron chi connectivity index (χ4n) is 1.84. The zero-order valence-corrected chi connectivity index (χ0v) is 10.5. The molecule has 0 fully saturated rings. The largest absolute Gasteiger partial charge is 0.327 e. The van der Waals surface area contributed by atoms with E-state index in [1.54, 1.807) is 0 Å². The highest BCUT2D eigenvalue weighted by molar-refractivity contribution is 6.17. The molecule has 0 unspecified atom stereocenters. The number of imidazole rings is 1. The molecule has 16 heavy (non-hydrogen) atoms. The molecule has 1 aromatic carbocycles. The summed E-state index contributed by atoms with van der Waals surface area (Å²) < 4.78 is 2.19. The van der Waals surface area contributed by atoms with Gasteiger partial charge in [0.15, 0.2) is 0 Å². The van der Waals surface area contributed by atoms with Crippen molar-refractivity contribution >= 4 is 34.2 Å². The summed E-state index contributed by atoms with van der Waals surface area (Å²) in [5.74, 6) is 2.11. The predicted molar refractivity (Wildman–Crippen MR) is 69.2 cm³/mol. The van der Waals surface area contributed by atoms with Gasteiger partial charge in [-0.25, -0.2) is 4.98 Å². The van der Waals surface area contributed by atoms with Crippen LogP contribution in [0, 0.1) is 0 Å². The second-order valence-electron chi connectivity index (χ2n) is 3.70. The molecule has 0 spiro atoms. The molecule has 4 heteroatoms. The first-order valence-corrected chi connectivity index (χ1v) is 6.50. The van der Waals surface area contributed by atoms with Gasteiger partial charge in [-0.3, -0.25) is 0 Å². The van der Waals surface area contributed by atoms with Crippen LogP contribution in [0.3, 0.4) is 0 Å². The summed E-state index contributed by atoms with van der Waals surface area (Å²) in [4.78, 5) is 4.51. The Morgan fingerprint density at radius 2 is 1.94 bits per heavy atom. The van der Waals surface area contributed by atoms with Crippen molar-refractivity contribution in [3.8, 4) is 0 Å². The van der Waals surface area contributed by atoms with Crippen LogP contribution < -0.4 is 0 Å². The molecule has 0 aliphatic heterocycles. The molecule has 1 aromatic heterocycles. The van der Waals surface area contributed by atoms with Crippen LogP contribution in [0.25, 0.3) is 11.0 Å². The number of para-hydroxylation sites is 2. The van der Waals surface area contributed by atoms with Crippen LogP contribution in [-0.4, -0.2) is 15.4 Å².